The monoisotopic (exact) mass is 294 g/mol. The van der Waals surface area contributed by atoms with Crippen molar-refractivity contribution in [2.75, 3.05) is 0 Å². The molecule has 1 aliphatic rings. The maximum Gasteiger partial charge on any atom is 0.434 e. The molecule has 1 aromatic heterocycles. The predicted octanol–water partition coefficient (Wildman–Crippen LogP) is 2.20. The highest BCUT2D eigenvalue weighted by Crippen LogP contribution is 2.32. The number of aromatic nitrogens is 1. The first-order chi connectivity index (χ1) is 8.88. The van der Waals surface area contributed by atoms with E-state index in [1.54, 1.807) is 0 Å². The molecular formula is C11H13F3N2O2S. The lowest BCUT2D eigenvalue weighted by Gasteiger charge is -2.26. The van der Waals surface area contributed by atoms with E-state index in [0.29, 0.717) is 37.0 Å². The van der Waals surface area contributed by atoms with E-state index in [4.69, 9.17) is 0 Å². The highest BCUT2D eigenvalue weighted by Gasteiger charge is 2.38. The third-order valence-electron chi connectivity index (χ3n) is 3.07. The minimum Gasteiger partial charge on any atom is -0.393 e. The van der Waals surface area contributed by atoms with Crippen LogP contribution in [0.4, 0.5) is 13.2 Å². The van der Waals surface area contributed by atoms with Gasteiger partial charge in [0.05, 0.1) is 11.6 Å². The SMILES string of the molecule is O=C(NC1CCC(O)CC1)c1scnc1C(F)(F)F. The molecule has 0 unspecified atom stereocenters. The van der Waals surface area contributed by atoms with Gasteiger partial charge in [-0.15, -0.1) is 11.3 Å². The van der Waals surface area contributed by atoms with Crippen LogP contribution in [0.15, 0.2) is 5.51 Å². The molecule has 2 rings (SSSR count). The van der Waals surface area contributed by atoms with Crippen LogP contribution in [-0.4, -0.2) is 28.1 Å². The fourth-order valence-electron chi connectivity index (χ4n) is 2.08. The van der Waals surface area contributed by atoms with Gasteiger partial charge in [0.25, 0.3) is 5.91 Å². The number of nitrogens with one attached hydrogen (secondary N) is 1. The number of carbonyl (C=O) groups excluding carboxylic acids is 1. The zero-order chi connectivity index (χ0) is 14.0. The zero-order valence-corrected chi connectivity index (χ0v) is 10.7. The molecule has 106 valence electrons. The largest absolute Gasteiger partial charge is 0.434 e. The fraction of sp³-hybridized carbons (Fsp3) is 0.636. The van der Waals surface area contributed by atoms with E-state index in [-0.39, 0.29) is 12.1 Å². The van der Waals surface area contributed by atoms with E-state index in [1.807, 2.05) is 0 Å². The number of thiazole rings is 1. The molecule has 1 aromatic rings. The molecule has 19 heavy (non-hydrogen) atoms. The molecule has 0 atom stereocenters. The molecule has 0 aromatic carbocycles. The number of hydrogen-bond donors (Lipinski definition) is 2. The molecule has 8 heteroatoms. The Morgan fingerprint density at radius 3 is 2.58 bits per heavy atom. The summed E-state index contributed by atoms with van der Waals surface area (Å²) < 4.78 is 37.8. The minimum absolute atomic E-state index is 0.181. The van der Waals surface area contributed by atoms with Crippen LogP contribution in [0.2, 0.25) is 0 Å². The van der Waals surface area contributed by atoms with Crippen molar-refractivity contribution in [3.63, 3.8) is 0 Å². The number of aliphatic hydroxyl groups excluding tert-OH is 1. The van der Waals surface area contributed by atoms with Crippen LogP contribution in [0.25, 0.3) is 0 Å². The molecule has 1 aliphatic carbocycles. The van der Waals surface area contributed by atoms with Gasteiger partial charge in [-0.2, -0.15) is 13.2 Å². The van der Waals surface area contributed by atoms with E-state index >= 15 is 0 Å². The van der Waals surface area contributed by atoms with Crippen molar-refractivity contribution >= 4 is 17.2 Å². The van der Waals surface area contributed by atoms with Crippen molar-refractivity contribution in [3.8, 4) is 0 Å². The van der Waals surface area contributed by atoms with Gasteiger partial charge in [-0.3, -0.25) is 4.79 Å². The Morgan fingerprint density at radius 1 is 1.37 bits per heavy atom. The molecule has 0 aliphatic heterocycles. The Morgan fingerprint density at radius 2 is 2.00 bits per heavy atom. The fourth-order valence-corrected chi connectivity index (χ4v) is 2.79. The summed E-state index contributed by atoms with van der Waals surface area (Å²) in [7, 11) is 0. The van der Waals surface area contributed by atoms with Gasteiger partial charge >= 0.3 is 6.18 Å². The Kier molecular flexibility index (Phi) is 4.10. The van der Waals surface area contributed by atoms with Gasteiger partial charge in [-0.05, 0) is 25.7 Å². The van der Waals surface area contributed by atoms with Crippen LogP contribution >= 0.6 is 11.3 Å². The third-order valence-corrected chi connectivity index (χ3v) is 3.90. The van der Waals surface area contributed by atoms with Gasteiger partial charge in [0.2, 0.25) is 0 Å². The molecule has 2 N–H and O–H groups in total. The van der Waals surface area contributed by atoms with E-state index in [9.17, 15) is 23.1 Å². The molecule has 1 amide bonds. The van der Waals surface area contributed by atoms with Crippen LogP contribution in [0.5, 0.6) is 0 Å². The summed E-state index contributed by atoms with van der Waals surface area (Å²) in [5.74, 6) is -0.740. The summed E-state index contributed by atoms with van der Waals surface area (Å²) in [6, 6.07) is -0.181. The minimum atomic E-state index is -4.62. The Balaban J connectivity index is 2.03. The maximum absolute atomic E-state index is 12.6. The summed E-state index contributed by atoms with van der Waals surface area (Å²) in [6.07, 6.45) is -2.72. The van der Waals surface area contributed by atoms with Crippen molar-refractivity contribution in [2.24, 2.45) is 0 Å². The van der Waals surface area contributed by atoms with Gasteiger partial charge in [0.15, 0.2) is 5.69 Å². The van der Waals surface area contributed by atoms with Crippen molar-refractivity contribution in [1.29, 1.82) is 0 Å². The number of aliphatic hydroxyl groups is 1. The molecule has 0 saturated heterocycles. The summed E-state index contributed by atoms with van der Waals surface area (Å²) in [5.41, 5.74) is -0.117. The van der Waals surface area contributed by atoms with Gasteiger partial charge < -0.3 is 10.4 Å². The first-order valence-electron chi connectivity index (χ1n) is 5.87. The van der Waals surface area contributed by atoms with Crippen LogP contribution < -0.4 is 5.32 Å². The van der Waals surface area contributed by atoms with Crippen LogP contribution in [0.3, 0.4) is 0 Å². The lowest BCUT2D eigenvalue weighted by Crippen LogP contribution is -2.38. The second kappa shape index (κ2) is 5.46. The average Bonchev–Trinajstić information content (AvgIpc) is 2.81. The zero-order valence-electron chi connectivity index (χ0n) is 9.91. The smallest absolute Gasteiger partial charge is 0.393 e. The highest BCUT2D eigenvalue weighted by atomic mass is 32.1. The van der Waals surface area contributed by atoms with E-state index in [1.165, 1.54) is 0 Å². The summed E-state index contributed by atoms with van der Waals surface area (Å²) in [4.78, 5) is 14.6. The third kappa shape index (κ3) is 3.44. The Labute approximate surface area is 111 Å². The standard InChI is InChI=1S/C11H13F3N2O2S/c12-11(13,14)9-8(19-5-15-9)10(18)16-6-1-3-7(17)4-2-6/h5-7,17H,1-4H2,(H,16,18). The normalized spacial score (nSPS) is 24.2. The number of halogens is 3. The topological polar surface area (TPSA) is 62.2 Å². The van der Waals surface area contributed by atoms with Gasteiger partial charge in [0, 0.05) is 6.04 Å². The molecular weight excluding hydrogens is 281 g/mol. The molecule has 0 radical (unpaired) electrons. The number of hydrogen-bond acceptors (Lipinski definition) is 4. The number of carbonyl (C=O) groups is 1. The van der Waals surface area contributed by atoms with Crippen molar-refractivity contribution in [1.82, 2.24) is 10.3 Å². The average molecular weight is 294 g/mol. The van der Waals surface area contributed by atoms with Crippen molar-refractivity contribution in [2.45, 2.75) is 44.0 Å². The Bertz CT molecular complexity index is 453. The first kappa shape index (κ1) is 14.3. The second-order valence-corrected chi connectivity index (χ2v) is 5.36. The van der Waals surface area contributed by atoms with Gasteiger partial charge in [-0.25, -0.2) is 4.98 Å². The number of alkyl halides is 3. The van der Waals surface area contributed by atoms with Crippen LogP contribution in [0, 0.1) is 0 Å². The summed E-state index contributed by atoms with van der Waals surface area (Å²) in [5, 5.41) is 11.9. The van der Waals surface area contributed by atoms with Crippen molar-refractivity contribution in [3.05, 3.63) is 16.1 Å². The first-order valence-corrected chi connectivity index (χ1v) is 6.75. The molecule has 0 spiro atoms. The van der Waals surface area contributed by atoms with E-state index in [2.05, 4.69) is 10.3 Å². The summed E-state index contributed by atoms with van der Waals surface area (Å²) in [6.45, 7) is 0. The number of amides is 1. The molecule has 1 heterocycles. The number of rotatable bonds is 2. The number of nitrogens with zero attached hydrogens (tertiary/aromatic N) is 1. The van der Waals surface area contributed by atoms with Gasteiger partial charge in [0.1, 0.15) is 4.88 Å². The quantitative estimate of drug-likeness (QED) is 0.879. The van der Waals surface area contributed by atoms with Crippen LogP contribution in [-0.2, 0) is 6.18 Å². The van der Waals surface area contributed by atoms with E-state index < -0.39 is 22.7 Å². The maximum atomic E-state index is 12.6. The lowest BCUT2D eigenvalue weighted by atomic mass is 9.93. The molecule has 0 bridgehead atoms. The summed E-state index contributed by atoms with van der Waals surface area (Å²) >= 11 is 0.681. The molecule has 1 fully saturated rings. The highest BCUT2D eigenvalue weighted by molar-refractivity contribution is 7.11. The lowest BCUT2D eigenvalue weighted by molar-refractivity contribution is -0.141. The Hall–Kier alpha value is -1.15. The molecule has 1 saturated carbocycles. The van der Waals surface area contributed by atoms with Crippen molar-refractivity contribution < 1.29 is 23.1 Å². The van der Waals surface area contributed by atoms with Crippen LogP contribution in [0.1, 0.15) is 41.0 Å². The van der Waals surface area contributed by atoms with Gasteiger partial charge in [-0.1, -0.05) is 0 Å². The second-order valence-electron chi connectivity index (χ2n) is 4.51. The molecule has 4 nitrogen and oxygen atoms in total. The van der Waals surface area contributed by atoms with E-state index in [0.717, 1.165) is 5.51 Å². The predicted molar refractivity (Wildman–Crippen MR) is 62.8 cm³/mol.